The van der Waals surface area contributed by atoms with Gasteiger partial charge in [0.2, 0.25) is 0 Å². The van der Waals surface area contributed by atoms with Crippen molar-refractivity contribution in [2.45, 2.75) is 6.92 Å². The topological polar surface area (TPSA) is 84.7 Å². The predicted octanol–water partition coefficient (Wildman–Crippen LogP) is 2.16. The highest BCUT2D eigenvalue weighted by atomic mass is 15.4. The zero-order valence-corrected chi connectivity index (χ0v) is 12.2. The number of para-hydroxylation sites is 1. The molecule has 0 atom stereocenters. The quantitative estimate of drug-likeness (QED) is 0.566. The van der Waals surface area contributed by atoms with Crippen LogP contribution in [-0.4, -0.2) is 29.6 Å². The summed E-state index contributed by atoms with van der Waals surface area (Å²) < 4.78 is 3.39. The SMILES string of the molecule is Cc1c(-c2ccnc3c(C#N)cnn23)nnn1-c1ccccc1. The molecule has 0 fully saturated rings. The zero-order valence-electron chi connectivity index (χ0n) is 12.2. The number of aromatic nitrogens is 6. The second-order valence-electron chi connectivity index (χ2n) is 5.01. The van der Waals surface area contributed by atoms with E-state index in [1.807, 2.05) is 43.3 Å². The van der Waals surface area contributed by atoms with E-state index < -0.39 is 0 Å². The van der Waals surface area contributed by atoms with E-state index in [2.05, 4.69) is 26.5 Å². The molecular weight excluding hydrogens is 290 g/mol. The second kappa shape index (κ2) is 5.03. The number of rotatable bonds is 2. The van der Waals surface area contributed by atoms with Crippen molar-refractivity contribution < 1.29 is 0 Å². The highest BCUT2D eigenvalue weighted by Crippen LogP contribution is 2.23. The lowest BCUT2D eigenvalue weighted by molar-refractivity contribution is 0.785. The van der Waals surface area contributed by atoms with Crippen molar-refractivity contribution in [2.24, 2.45) is 0 Å². The van der Waals surface area contributed by atoms with E-state index in [0.717, 1.165) is 17.1 Å². The van der Waals surface area contributed by atoms with Gasteiger partial charge in [0.1, 0.15) is 17.3 Å². The minimum atomic E-state index is 0.431. The van der Waals surface area contributed by atoms with Gasteiger partial charge in [0.05, 0.1) is 23.3 Å². The van der Waals surface area contributed by atoms with Crippen LogP contribution in [0.2, 0.25) is 0 Å². The highest BCUT2D eigenvalue weighted by molar-refractivity contribution is 5.64. The van der Waals surface area contributed by atoms with Crippen molar-refractivity contribution in [2.75, 3.05) is 0 Å². The van der Waals surface area contributed by atoms with Gasteiger partial charge < -0.3 is 0 Å². The fourth-order valence-corrected chi connectivity index (χ4v) is 2.53. The van der Waals surface area contributed by atoms with E-state index in [-0.39, 0.29) is 0 Å². The molecule has 0 radical (unpaired) electrons. The van der Waals surface area contributed by atoms with Gasteiger partial charge in [0, 0.05) is 6.20 Å². The smallest absolute Gasteiger partial charge is 0.173 e. The largest absolute Gasteiger partial charge is 0.236 e. The molecule has 0 unspecified atom stereocenters. The van der Waals surface area contributed by atoms with Crippen molar-refractivity contribution in [3.05, 3.63) is 60.0 Å². The molecule has 110 valence electrons. The minimum Gasteiger partial charge on any atom is -0.236 e. The van der Waals surface area contributed by atoms with Crippen molar-refractivity contribution in [3.8, 4) is 23.1 Å². The minimum absolute atomic E-state index is 0.431. The van der Waals surface area contributed by atoms with Crippen molar-refractivity contribution >= 4 is 5.65 Å². The molecule has 0 amide bonds. The van der Waals surface area contributed by atoms with Crippen molar-refractivity contribution in [1.82, 2.24) is 29.6 Å². The summed E-state index contributed by atoms with van der Waals surface area (Å²) in [6, 6.07) is 13.7. The first kappa shape index (κ1) is 13.2. The van der Waals surface area contributed by atoms with E-state index >= 15 is 0 Å². The van der Waals surface area contributed by atoms with E-state index in [1.165, 1.54) is 6.20 Å². The molecule has 0 aliphatic rings. The maximum absolute atomic E-state index is 9.12. The lowest BCUT2D eigenvalue weighted by Gasteiger charge is -2.04. The number of hydrogen-bond donors (Lipinski definition) is 0. The fraction of sp³-hybridized carbons (Fsp3) is 0.0625. The molecule has 3 aromatic heterocycles. The number of fused-ring (bicyclic) bond motifs is 1. The average molecular weight is 301 g/mol. The summed E-state index contributed by atoms with van der Waals surface area (Å²) in [5, 5.41) is 21.9. The Kier molecular flexibility index (Phi) is 2.88. The van der Waals surface area contributed by atoms with Crippen LogP contribution in [0.5, 0.6) is 0 Å². The summed E-state index contributed by atoms with van der Waals surface area (Å²) in [5.41, 5.74) is 4.22. The van der Waals surface area contributed by atoms with Crippen LogP contribution in [0.25, 0.3) is 22.7 Å². The second-order valence-corrected chi connectivity index (χ2v) is 5.01. The van der Waals surface area contributed by atoms with Gasteiger partial charge in [0.25, 0.3) is 0 Å². The third kappa shape index (κ3) is 1.97. The lowest BCUT2D eigenvalue weighted by Crippen LogP contribution is -2.00. The number of nitrogens with zero attached hydrogens (tertiary/aromatic N) is 7. The normalized spacial score (nSPS) is 10.8. The lowest BCUT2D eigenvalue weighted by atomic mass is 10.2. The Morgan fingerprint density at radius 3 is 2.74 bits per heavy atom. The summed E-state index contributed by atoms with van der Waals surface area (Å²) in [7, 11) is 0. The van der Waals surface area contributed by atoms with Crippen molar-refractivity contribution in [1.29, 1.82) is 5.26 Å². The van der Waals surface area contributed by atoms with Crippen LogP contribution in [0, 0.1) is 18.3 Å². The standard InChI is InChI=1S/C16H11N7/c1-11-15(20-21-22(11)13-5-3-2-4-6-13)14-7-8-18-16-12(9-17)10-19-23(14)16/h2-8,10H,1H3. The molecule has 0 aliphatic carbocycles. The molecule has 0 aliphatic heterocycles. The Labute approximate surface area is 131 Å². The number of hydrogen-bond acceptors (Lipinski definition) is 5. The van der Waals surface area contributed by atoms with Gasteiger partial charge in [0.15, 0.2) is 5.65 Å². The number of nitriles is 1. The highest BCUT2D eigenvalue weighted by Gasteiger charge is 2.16. The van der Waals surface area contributed by atoms with Gasteiger partial charge in [-0.2, -0.15) is 10.4 Å². The predicted molar refractivity (Wildman–Crippen MR) is 82.8 cm³/mol. The molecule has 7 nitrogen and oxygen atoms in total. The Morgan fingerprint density at radius 2 is 1.96 bits per heavy atom. The zero-order chi connectivity index (χ0) is 15.8. The van der Waals surface area contributed by atoms with Gasteiger partial charge in [-0.15, -0.1) is 5.10 Å². The third-order valence-corrected chi connectivity index (χ3v) is 3.66. The molecular formula is C16H11N7. The van der Waals surface area contributed by atoms with Crippen LogP contribution >= 0.6 is 0 Å². The van der Waals surface area contributed by atoms with E-state index in [1.54, 1.807) is 15.4 Å². The van der Waals surface area contributed by atoms with Crippen LogP contribution < -0.4 is 0 Å². The van der Waals surface area contributed by atoms with Crippen LogP contribution in [0.4, 0.5) is 0 Å². The third-order valence-electron chi connectivity index (χ3n) is 3.66. The summed E-state index contributed by atoms with van der Waals surface area (Å²) in [6.45, 7) is 1.95. The average Bonchev–Trinajstić information content (AvgIpc) is 3.19. The monoisotopic (exact) mass is 301 g/mol. The van der Waals surface area contributed by atoms with E-state index in [4.69, 9.17) is 5.26 Å². The Bertz CT molecular complexity index is 1040. The van der Waals surface area contributed by atoms with E-state index in [9.17, 15) is 0 Å². The van der Waals surface area contributed by atoms with Gasteiger partial charge in [-0.05, 0) is 25.1 Å². The molecule has 0 bridgehead atoms. The van der Waals surface area contributed by atoms with Crippen LogP contribution in [0.3, 0.4) is 0 Å². The first-order valence-corrected chi connectivity index (χ1v) is 7.00. The van der Waals surface area contributed by atoms with Crippen LogP contribution in [0.15, 0.2) is 48.8 Å². The van der Waals surface area contributed by atoms with Gasteiger partial charge >= 0.3 is 0 Å². The summed E-state index contributed by atoms with van der Waals surface area (Å²) in [4.78, 5) is 4.22. The molecule has 0 saturated heterocycles. The van der Waals surface area contributed by atoms with Gasteiger partial charge in [-0.25, -0.2) is 14.2 Å². The van der Waals surface area contributed by atoms with Crippen LogP contribution in [0.1, 0.15) is 11.3 Å². The Hall–Kier alpha value is -3.53. The fourth-order valence-electron chi connectivity index (χ4n) is 2.53. The maximum atomic E-state index is 9.12. The number of benzene rings is 1. The summed E-state index contributed by atoms with van der Waals surface area (Å²) in [6.07, 6.45) is 3.15. The van der Waals surface area contributed by atoms with Gasteiger partial charge in [-0.3, -0.25) is 0 Å². The molecule has 0 spiro atoms. The summed E-state index contributed by atoms with van der Waals surface area (Å²) in [5.74, 6) is 0. The molecule has 0 N–H and O–H groups in total. The first-order valence-electron chi connectivity index (χ1n) is 7.00. The summed E-state index contributed by atoms with van der Waals surface area (Å²) >= 11 is 0. The Morgan fingerprint density at radius 1 is 1.13 bits per heavy atom. The molecule has 3 heterocycles. The maximum Gasteiger partial charge on any atom is 0.173 e. The van der Waals surface area contributed by atoms with Crippen LogP contribution in [-0.2, 0) is 0 Å². The molecule has 7 heteroatoms. The molecule has 4 aromatic rings. The molecule has 23 heavy (non-hydrogen) atoms. The van der Waals surface area contributed by atoms with Gasteiger partial charge in [-0.1, -0.05) is 23.4 Å². The van der Waals surface area contributed by atoms with Crippen molar-refractivity contribution in [3.63, 3.8) is 0 Å². The molecule has 4 rings (SSSR count). The van der Waals surface area contributed by atoms with E-state index in [0.29, 0.717) is 16.9 Å². The first-order chi connectivity index (χ1) is 11.3. The molecule has 0 saturated carbocycles. The Balaban J connectivity index is 1.92. The molecule has 1 aromatic carbocycles.